The van der Waals surface area contributed by atoms with Crippen LogP contribution in [0.3, 0.4) is 0 Å². The van der Waals surface area contributed by atoms with Crippen LogP contribution in [0.25, 0.3) is 0 Å². The predicted octanol–water partition coefficient (Wildman–Crippen LogP) is 2.65. The van der Waals surface area contributed by atoms with Crippen LogP contribution in [0.5, 0.6) is 11.5 Å². The van der Waals surface area contributed by atoms with Crippen molar-refractivity contribution in [1.29, 1.82) is 0 Å². The van der Waals surface area contributed by atoms with Crippen LogP contribution in [0.1, 0.15) is 29.3 Å². The highest BCUT2D eigenvalue weighted by molar-refractivity contribution is 7.10. The van der Waals surface area contributed by atoms with E-state index in [2.05, 4.69) is 5.32 Å². The number of amides is 1. The van der Waals surface area contributed by atoms with Crippen LogP contribution in [0.15, 0.2) is 35.7 Å². The van der Waals surface area contributed by atoms with Crippen molar-refractivity contribution in [3.8, 4) is 11.5 Å². The van der Waals surface area contributed by atoms with E-state index >= 15 is 0 Å². The summed E-state index contributed by atoms with van der Waals surface area (Å²) in [5.74, 6) is 1.70. The standard InChI is InChI=1S/C18H19NO4S/c20-13-8-12(9-13)18(16-2-1-5-24-16)19-17(21)7-11-3-4-14-15(6-11)23-10-22-14/h1-6,12-13,18,20H,7-10H2,(H,19,21)/t12?,13?,18-/m0/s1. The van der Waals surface area contributed by atoms with E-state index in [1.807, 2.05) is 35.7 Å². The van der Waals surface area contributed by atoms with Gasteiger partial charge in [-0.1, -0.05) is 12.1 Å². The molecule has 0 unspecified atom stereocenters. The van der Waals surface area contributed by atoms with Crippen LogP contribution in [0.4, 0.5) is 0 Å². The van der Waals surface area contributed by atoms with E-state index in [0.29, 0.717) is 18.1 Å². The highest BCUT2D eigenvalue weighted by Gasteiger charge is 2.36. The number of carbonyl (C=O) groups is 1. The van der Waals surface area contributed by atoms with Crippen LogP contribution in [-0.4, -0.2) is 23.9 Å². The maximum absolute atomic E-state index is 12.5. The molecule has 0 saturated heterocycles. The summed E-state index contributed by atoms with van der Waals surface area (Å²) in [5, 5.41) is 14.8. The minimum atomic E-state index is -0.233. The number of aliphatic hydroxyl groups is 1. The smallest absolute Gasteiger partial charge is 0.231 e. The summed E-state index contributed by atoms with van der Waals surface area (Å²) in [6, 6.07) is 9.60. The van der Waals surface area contributed by atoms with Gasteiger partial charge in [-0.3, -0.25) is 4.79 Å². The van der Waals surface area contributed by atoms with Gasteiger partial charge in [0.15, 0.2) is 11.5 Å². The number of carbonyl (C=O) groups excluding carboxylic acids is 1. The van der Waals surface area contributed by atoms with Crippen molar-refractivity contribution < 1.29 is 19.4 Å². The zero-order valence-electron chi connectivity index (χ0n) is 13.1. The van der Waals surface area contributed by atoms with Gasteiger partial charge in [-0.2, -0.15) is 0 Å². The minimum absolute atomic E-state index is 0.0186. The van der Waals surface area contributed by atoms with Gasteiger partial charge in [0.2, 0.25) is 12.7 Å². The highest BCUT2D eigenvalue weighted by Crippen LogP contribution is 2.39. The van der Waals surface area contributed by atoms with E-state index in [1.54, 1.807) is 11.3 Å². The van der Waals surface area contributed by atoms with Crippen LogP contribution < -0.4 is 14.8 Å². The van der Waals surface area contributed by atoms with E-state index in [-0.39, 0.29) is 24.8 Å². The molecule has 1 saturated carbocycles. The Balaban J connectivity index is 1.43. The van der Waals surface area contributed by atoms with Crippen LogP contribution in [0, 0.1) is 5.92 Å². The van der Waals surface area contributed by atoms with Gasteiger partial charge in [-0.25, -0.2) is 0 Å². The third-order valence-electron chi connectivity index (χ3n) is 4.59. The number of thiophene rings is 1. The molecule has 1 aliphatic carbocycles. The zero-order valence-corrected chi connectivity index (χ0v) is 13.9. The summed E-state index contributed by atoms with van der Waals surface area (Å²) in [7, 11) is 0. The Morgan fingerprint density at radius 1 is 1.29 bits per heavy atom. The molecule has 1 amide bonds. The quantitative estimate of drug-likeness (QED) is 0.874. The molecule has 6 heteroatoms. The lowest BCUT2D eigenvalue weighted by molar-refractivity contribution is -0.122. The Morgan fingerprint density at radius 3 is 2.88 bits per heavy atom. The topological polar surface area (TPSA) is 67.8 Å². The maximum Gasteiger partial charge on any atom is 0.231 e. The van der Waals surface area contributed by atoms with Crippen molar-refractivity contribution in [2.24, 2.45) is 5.92 Å². The molecule has 0 radical (unpaired) electrons. The molecule has 0 bridgehead atoms. The van der Waals surface area contributed by atoms with Crippen molar-refractivity contribution in [2.75, 3.05) is 6.79 Å². The summed E-state index contributed by atoms with van der Waals surface area (Å²) in [5.41, 5.74) is 0.898. The maximum atomic E-state index is 12.5. The number of rotatable bonds is 5. The zero-order chi connectivity index (χ0) is 16.5. The summed E-state index contributed by atoms with van der Waals surface area (Å²) in [6.07, 6.45) is 1.55. The fraction of sp³-hybridized carbons (Fsp3) is 0.389. The largest absolute Gasteiger partial charge is 0.454 e. The van der Waals surface area contributed by atoms with Crippen molar-refractivity contribution in [3.05, 3.63) is 46.2 Å². The van der Waals surface area contributed by atoms with Gasteiger partial charge in [0.05, 0.1) is 18.6 Å². The lowest BCUT2D eigenvalue weighted by Crippen LogP contribution is -2.41. The normalized spacial score (nSPS) is 22.7. The molecule has 24 heavy (non-hydrogen) atoms. The fourth-order valence-electron chi connectivity index (χ4n) is 3.25. The summed E-state index contributed by atoms with van der Waals surface area (Å²) >= 11 is 1.64. The highest BCUT2D eigenvalue weighted by atomic mass is 32.1. The van der Waals surface area contributed by atoms with E-state index in [4.69, 9.17) is 9.47 Å². The molecule has 2 aliphatic rings. The van der Waals surface area contributed by atoms with Crippen molar-refractivity contribution >= 4 is 17.2 Å². The molecule has 1 atom stereocenters. The number of ether oxygens (including phenoxy) is 2. The van der Waals surface area contributed by atoms with E-state index < -0.39 is 0 Å². The Labute approximate surface area is 144 Å². The van der Waals surface area contributed by atoms with Crippen molar-refractivity contribution in [1.82, 2.24) is 5.32 Å². The van der Waals surface area contributed by atoms with Crippen molar-refractivity contribution in [2.45, 2.75) is 31.4 Å². The Bertz CT molecular complexity index is 725. The van der Waals surface area contributed by atoms with Gasteiger partial charge in [0.25, 0.3) is 0 Å². The molecule has 5 nitrogen and oxygen atoms in total. The van der Waals surface area contributed by atoms with Gasteiger partial charge < -0.3 is 19.9 Å². The molecule has 1 aromatic carbocycles. The van der Waals surface area contributed by atoms with E-state index in [1.165, 1.54) is 0 Å². The molecule has 1 aromatic heterocycles. The predicted molar refractivity (Wildman–Crippen MR) is 90.2 cm³/mol. The molecule has 1 fully saturated rings. The number of fused-ring (bicyclic) bond motifs is 1. The molecule has 2 N–H and O–H groups in total. The summed E-state index contributed by atoms with van der Waals surface area (Å²) < 4.78 is 10.6. The monoisotopic (exact) mass is 345 g/mol. The van der Waals surface area contributed by atoms with Crippen LogP contribution >= 0.6 is 11.3 Å². The first-order chi connectivity index (χ1) is 11.7. The lowest BCUT2D eigenvalue weighted by Gasteiger charge is -2.37. The number of benzene rings is 1. The van der Waals surface area contributed by atoms with Gasteiger partial charge >= 0.3 is 0 Å². The molecular weight excluding hydrogens is 326 g/mol. The average molecular weight is 345 g/mol. The van der Waals surface area contributed by atoms with E-state index in [0.717, 1.165) is 29.0 Å². The molecule has 4 rings (SSSR count). The Kier molecular flexibility index (Phi) is 4.16. The molecule has 2 heterocycles. The van der Waals surface area contributed by atoms with Gasteiger partial charge in [-0.05, 0) is 47.9 Å². The second-order valence-corrected chi connectivity index (χ2v) is 7.29. The molecule has 2 aromatic rings. The third-order valence-corrected chi connectivity index (χ3v) is 5.54. The van der Waals surface area contributed by atoms with Gasteiger partial charge in [0.1, 0.15) is 0 Å². The third kappa shape index (κ3) is 3.12. The Morgan fingerprint density at radius 2 is 2.12 bits per heavy atom. The molecule has 0 spiro atoms. The van der Waals surface area contributed by atoms with Crippen LogP contribution in [-0.2, 0) is 11.2 Å². The average Bonchev–Trinajstić information content (AvgIpc) is 3.20. The first kappa shape index (κ1) is 15.5. The Hall–Kier alpha value is -2.05. The minimum Gasteiger partial charge on any atom is -0.454 e. The number of aliphatic hydroxyl groups excluding tert-OH is 1. The number of nitrogens with one attached hydrogen (secondary N) is 1. The summed E-state index contributed by atoms with van der Waals surface area (Å²) in [4.78, 5) is 13.6. The number of hydrogen-bond acceptors (Lipinski definition) is 5. The molecule has 126 valence electrons. The fourth-order valence-corrected chi connectivity index (χ4v) is 4.12. The molecule has 1 aliphatic heterocycles. The summed E-state index contributed by atoms with van der Waals surface area (Å²) in [6.45, 7) is 0.232. The number of hydrogen-bond donors (Lipinski definition) is 2. The first-order valence-corrected chi connectivity index (χ1v) is 8.96. The van der Waals surface area contributed by atoms with Gasteiger partial charge in [-0.15, -0.1) is 11.3 Å². The van der Waals surface area contributed by atoms with Gasteiger partial charge in [0, 0.05) is 4.88 Å². The second kappa shape index (κ2) is 6.45. The molecular formula is C18H19NO4S. The first-order valence-electron chi connectivity index (χ1n) is 8.08. The second-order valence-electron chi connectivity index (χ2n) is 6.31. The van der Waals surface area contributed by atoms with E-state index in [9.17, 15) is 9.90 Å². The lowest BCUT2D eigenvalue weighted by atomic mass is 9.76. The van der Waals surface area contributed by atoms with Crippen molar-refractivity contribution in [3.63, 3.8) is 0 Å². The SMILES string of the molecule is O=C(Cc1ccc2c(c1)OCO2)N[C@H](c1cccs1)C1CC(O)C1. The van der Waals surface area contributed by atoms with Crippen LogP contribution in [0.2, 0.25) is 0 Å².